The number of furan rings is 1. The van der Waals surface area contributed by atoms with Crippen LogP contribution in [-0.4, -0.2) is 6.54 Å². The van der Waals surface area contributed by atoms with E-state index in [4.69, 9.17) is 16.0 Å². The lowest BCUT2D eigenvalue weighted by molar-refractivity contribution is 0.458. The Hall–Kier alpha value is -1.25. The minimum absolute atomic E-state index is 0.313. The zero-order valence-electron chi connectivity index (χ0n) is 11.4. The molecule has 0 saturated heterocycles. The maximum atomic E-state index is 6.21. The number of benzene rings is 1. The van der Waals surface area contributed by atoms with E-state index in [-0.39, 0.29) is 0 Å². The van der Waals surface area contributed by atoms with Crippen LogP contribution in [0.4, 0.5) is 0 Å². The monoisotopic (exact) mass is 277 g/mol. The number of halogens is 1. The van der Waals surface area contributed by atoms with E-state index >= 15 is 0 Å². The molecule has 1 aromatic heterocycles. The summed E-state index contributed by atoms with van der Waals surface area (Å²) in [4.78, 5) is 0. The SMILES string of the molecule is CCNC(CCc1ccco1)c1ccc(C)c(Cl)c1. The lowest BCUT2D eigenvalue weighted by Crippen LogP contribution is -2.21. The number of hydrogen-bond donors (Lipinski definition) is 1. The lowest BCUT2D eigenvalue weighted by atomic mass is 10.00. The van der Waals surface area contributed by atoms with Crippen LogP contribution in [0.5, 0.6) is 0 Å². The van der Waals surface area contributed by atoms with Gasteiger partial charge in [0, 0.05) is 17.5 Å². The lowest BCUT2D eigenvalue weighted by Gasteiger charge is -2.18. The molecule has 102 valence electrons. The number of nitrogens with one attached hydrogen (secondary N) is 1. The normalized spacial score (nSPS) is 12.6. The molecule has 0 aliphatic rings. The van der Waals surface area contributed by atoms with Gasteiger partial charge >= 0.3 is 0 Å². The molecule has 1 N–H and O–H groups in total. The van der Waals surface area contributed by atoms with Crippen molar-refractivity contribution in [2.24, 2.45) is 0 Å². The number of rotatable bonds is 6. The van der Waals surface area contributed by atoms with Crippen molar-refractivity contribution < 1.29 is 4.42 Å². The van der Waals surface area contributed by atoms with Crippen LogP contribution in [0.1, 0.15) is 36.3 Å². The highest BCUT2D eigenvalue weighted by molar-refractivity contribution is 6.31. The van der Waals surface area contributed by atoms with E-state index in [9.17, 15) is 0 Å². The summed E-state index contributed by atoms with van der Waals surface area (Å²) in [6, 6.07) is 10.6. The summed E-state index contributed by atoms with van der Waals surface area (Å²) in [7, 11) is 0. The molecular formula is C16H20ClNO. The Labute approximate surface area is 119 Å². The Bertz CT molecular complexity index is 507. The number of hydrogen-bond acceptors (Lipinski definition) is 2. The average molecular weight is 278 g/mol. The van der Waals surface area contributed by atoms with Crippen LogP contribution in [-0.2, 0) is 6.42 Å². The minimum Gasteiger partial charge on any atom is -0.469 e. The zero-order valence-corrected chi connectivity index (χ0v) is 12.2. The van der Waals surface area contributed by atoms with Gasteiger partial charge in [0.25, 0.3) is 0 Å². The smallest absolute Gasteiger partial charge is 0.103 e. The van der Waals surface area contributed by atoms with Gasteiger partial charge in [0.15, 0.2) is 0 Å². The van der Waals surface area contributed by atoms with Gasteiger partial charge in [0.05, 0.1) is 6.26 Å². The molecule has 2 aromatic rings. The molecule has 1 aromatic carbocycles. The highest BCUT2D eigenvalue weighted by Gasteiger charge is 2.12. The second kappa shape index (κ2) is 6.78. The summed E-state index contributed by atoms with van der Waals surface area (Å²) in [5.41, 5.74) is 2.36. The van der Waals surface area contributed by atoms with Gasteiger partial charge in [-0.15, -0.1) is 0 Å². The Kier molecular flexibility index (Phi) is 5.06. The fourth-order valence-corrected chi connectivity index (χ4v) is 2.39. The van der Waals surface area contributed by atoms with Gasteiger partial charge in [-0.2, -0.15) is 0 Å². The summed E-state index contributed by atoms with van der Waals surface area (Å²) < 4.78 is 5.39. The van der Waals surface area contributed by atoms with Crippen LogP contribution in [0.25, 0.3) is 0 Å². The van der Waals surface area contributed by atoms with Crippen molar-refractivity contribution >= 4 is 11.6 Å². The Morgan fingerprint density at radius 1 is 1.32 bits per heavy atom. The first-order valence-electron chi connectivity index (χ1n) is 6.72. The highest BCUT2D eigenvalue weighted by atomic mass is 35.5. The van der Waals surface area contributed by atoms with E-state index < -0.39 is 0 Å². The molecule has 0 fully saturated rings. The number of aryl methyl sites for hydroxylation is 2. The molecule has 1 unspecified atom stereocenters. The second-order valence-corrected chi connectivity index (χ2v) is 5.14. The van der Waals surface area contributed by atoms with Crippen molar-refractivity contribution in [1.29, 1.82) is 0 Å². The molecule has 0 amide bonds. The van der Waals surface area contributed by atoms with Crippen LogP contribution in [0.3, 0.4) is 0 Å². The molecule has 2 nitrogen and oxygen atoms in total. The summed E-state index contributed by atoms with van der Waals surface area (Å²) in [5.74, 6) is 1.03. The predicted octanol–water partition coefficient (Wildman–Crippen LogP) is 4.52. The summed E-state index contributed by atoms with van der Waals surface area (Å²) >= 11 is 6.21. The van der Waals surface area contributed by atoms with Gasteiger partial charge in [0.1, 0.15) is 5.76 Å². The molecule has 1 heterocycles. The summed E-state index contributed by atoms with van der Waals surface area (Å²) in [6.45, 7) is 5.08. The fourth-order valence-electron chi connectivity index (χ4n) is 2.20. The second-order valence-electron chi connectivity index (χ2n) is 4.74. The van der Waals surface area contributed by atoms with E-state index in [1.54, 1.807) is 6.26 Å². The van der Waals surface area contributed by atoms with Crippen molar-refractivity contribution in [3.05, 3.63) is 58.5 Å². The van der Waals surface area contributed by atoms with Crippen molar-refractivity contribution in [3.63, 3.8) is 0 Å². The Morgan fingerprint density at radius 3 is 2.79 bits per heavy atom. The molecule has 0 aliphatic heterocycles. The molecule has 0 spiro atoms. The van der Waals surface area contributed by atoms with E-state index in [0.29, 0.717) is 6.04 Å². The molecule has 19 heavy (non-hydrogen) atoms. The zero-order chi connectivity index (χ0) is 13.7. The molecule has 2 rings (SSSR count). The quantitative estimate of drug-likeness (QED) is 0.839. The third-order valence-corrected chi connectivity index (χ3v) is 3.72. The van der Waals surface area contributed by atoms with Gasteiger partial charge in [0.2, 0.25) is 0 Å². The van der Waals surface area contributed by atoms with Crippen LogP contribution >= 0.6 is 11.6 Å². The maximum Gasteiger partial charge on any atom is 0.103 e. The topological polar surface area (TPSA) is 25.2 Å². The van der Waals surface area contributed by atoms with Crippen molar-refractivity contribution in [2.45, 2.75) is 32.7 Å². The highest BCUT2D eigenvalue weighted by Crippen LogP contribution is 2.24. The molecule has 0 radical (unpaired) electrons. The van der Waals surface area contributed by atoms with E-state index in [2.05, 4.69) is 30.4 Å². The van der Waals surface area contributed by atoms with Crippen LogP contribution in [0.2, 0.25) is 5.02 Å². The molecule has 3 heteroatoms. The summed E-state index contributed by atoms with van der Waals surface area (Å²) in [5, 5.41) is 4.34. The van der Waals surface area contributed by atoms with Gasteiger partial charge in [-0.3, -0.25) is 0 Å². The van der Waals surface area contributed by atoms with Crippen LogP contribution in [0.15, 0.2) is 41.0 Å². The standard InChI is InChI=1S/C16H20ClNO/c1-3-18-16(9-8-14-5-4-10-19-14)13-7-6-12(2)15(17)11-13/h4-7,10-11,16,18H,3,8-9H2,1-2H3. The predicted molar refractivity (Wildman–Crippen MR) is 79.6 cm³/mol. The Balaban J connectivity index is 2.07. The van der Waals surface area contributed by atoms with Crippen molar-refractivity contribution in [1.82, 2.24) is 5.32 Å². The van der Waals surface area contributed by atoms with Gasteiger partial charge < -0.3 is 9.73 Å². The first-order chi connectivity index (χ1) is 9.20. The minimum atomic E-state index is 0.313. The van der Waals surface area contributed by atoms with Gasteiger partial charge in [-0.05, 0) is 49.2 Å². The average Bonchev–Trinajstić information content (AvgIpc) is 2.91. The van der Waals surface area contributed by atoms with Crippen LogP contribution < -0.4 is 5.32 Å². The van der Waals surface area contributed by atoms with E-state index in [0.717, 1.165) is 35.7 Å². The van der Waals surface area contributed by atoms with Gasteiger partial charge in [-0.25, -0.2) is 0 Å². The van der Waals surface area contributed by atoms with Crippen molar-refractivity contribution in [2.75, 3.05) is 6.54 Å². The van der Waals surface area contributed by atoms with Crippen LogP contribution in [0, 0.1) is 6.92 Å². The third kappa shape index (κ3) is 3.85. The summed E-state index contributed by atoms with van der Waals surface area (Å²) in [6.07, 6.45) is 3.65. The molecule has 0 aliphatic carbocycles. The fraction of sp³-hybridized carbons (Fsp3) is 0.375. The van der Waals surface area contributed by atoms with Gasteiger partial charge in [-0.1, -0.05) is 30.7 Å². The first kappa shape index (κ1) is 14.2. The van der Waals surface area contributed by atoms with E-state index in [1.807, 2.05) is 19.1 Å². The maximum absolute atomic E-state index is 6.21. The van der Waals surface area contributed by atoms with Crippen molar-refractivity contribution in [3.8, 4) is 0 Å². The molecule has 0 saturated carbocycles. The first-order valence-corrected chi connectivity index (χ1v) is 7.10. The molecule has 0 bridgehead atoms. The Morgan fingerprint density at radius 2 is 2.16 bits per heavy atom. The molecular weight excluding hydrogens is 258 g/mol. The molecule has 1 atom stereocenters. The third-order valence-electron chi connectivity index (χ3n) is 3.31. The van der Waals surface area contributed by atoms with E-state index in [1.165, 1.54) is 5.56 Å². The largest absolute Gasteiger partial charge is 0.469 e.